The Morgan fingerprint density at radius 3 is 2.67 bits per heavy atom. The largest absolute Gasteiger partial charge is 0.247 e. The van der Waals surface area contributed by atoms with Crippen LogP contribution in [0.4, 0.5) is 4.39 Å². The van der Waals surface area contributed by atoms with E-state index in [9.17, 15) is 4.39 Å². The van der Waals surface area contributed by atoms with Gasteiger partial charge in [-0.25, -0.2) is 4.39 Å². The van der Waals surface area contributed by atoms with Crippen molar-refractivity contribution in [1.29, 1.82) is 5.26 Å². The maximum Gasteiger partial charge on any atom is 0.101 e. The van der Waals surface area contributed by atoms with E-state index in [1.54, 1.807) is 0 Å². The second kappa shape index (κ2) is 2.82. The first-order valence-electron chi connectivity index (χ1n) is 3.36. The summed E-state index contributed by atoms with van der Waals surface area (Å²) >= 11 is 0. The zero-order chi connectivity index (χ0) is 6.69. The van der Waals surface area contributed by atoms with Gasteiger partial charge in [-0.15, -0.1) is 0 Å². The average Bonchev–Trinajstić information content (AvgIpc) is 1.88. The first-order valence-corrected chi connectivity index (χ1v) is 3.36. The third-order valence-corrected chi connectivity index (χ3v) is 1.79. The Bertz CT molecular complexity index is 127. The molecule has 0 aromatic rings. The minimum Gasteiger partial charge on any atom is -0.247 e. The SMILES string of the molecule is N#C[C@H]1CCC[C@@H](F)C1. The molecule has 2 heteroatoms. The van der Waals surface area contributed by atoms with Gasteiger partial charge in [0, 0.05) is 5.92 Å². The summed E-state index contributed by atoms with van der Waals surface area (Å²) < 4.78 is 12.5. The summed E-state index contributed by atoms with van der Waals surface area (Å²) in [4.78, 5) is 0. The average molecular weight is 127 g/mol. The number of nitriles is 1. The Morgan fingerprint density at radius 1 is 1.44 bits per heavy atom. The van der Waals surface area contributed by atoms with Crippen LogP contribution in [0.15, 0.2) is 0 Å². The predicted molar refractivity (Wildman–Crippen MR) is 32.5 cm³/mol. The Morgan fingerprint density at radius 2 is 2.22 bits per heavy atom. The lowest BCUT2D eigenvalue weighted by atomic mass is 9.89. The molecule has 2 atom stereocenters. The van der Waals surface area contributed by atoms with Gasteiger partial charge in [0.05, 0.1) is 6.07 Å². The first kappa shape index (κ1) is 6.54. The minimum absolute atomic E-state index is 0.00579. The van der Waals surface area contributed by atoms with Crippen LogP contribution in [0.1, 0.15) is 25.7 Å². The summed E-state index contributed by atoms with van der Waals surface area (Å²) in [7, 11) is 0. The van der Waals surface area contributed by atoms with Gasteiger partial charge in [0.1, 0.15) is 6.17 Å². The Labute approximate surface area is 54.5 Å². The van der Waals surface area contributed by atoms with E-state index in [-0.39, 0.29) is 5.92 Å². The minimum atomic E-state index is -0.705. The summed E-state index contributed by atoms with van der Waals surface area (Å²) in [6, 6.07) is 2.09. The van der Waals surface area contributed by atoms with Gasteiger partial charge in [0.25, 0.3) is 0 Å². The van der Waals surface area contributed by atoms with Gasteiger partial charge < -0.3 is 0 Å². The van der Waals surface area contributed by atoms with Crippen molar-refractivity contribution < 1.29 is 4.39 Å². The highest BCUT2D eigenvalue weighted by molar-refractivity contribution is 4.87. The number of halogens is 1. The third kappa shape index (κ3) is 1.67. The smallest absolute Gasteiger partial charge is 0.101 e. The van der Waals surface area contributed by atoms with Gasteiger partial charge in [-0.05, 0) is 25.7 Å². The molecule has 50 valence electrons. The van der Waals surface area contributed by atoms with Crippen molar-refractivity contribution in [3.63, 3.8) is 0 Å². The normalized spacial score (nSPS) is 35.6. The second-order valence-electron chi connectivity index (χ2n) is 2.59. The fourth-order valence-electron chi connectivity index (χ4n) is 1.25. The highest BCUT2D eigenvalue weighted by Crippen LogP contribution is 2.25. The van der Waals surface area contributed by atoms with Crippen molar-refractivity contribution in [3.8, 4) is 6.07 Å². The molecule has 1 saturated carbocycles. The van der Waals surface area contributed by atoms with E-state index < -0.39 is 6.17 Å². The van der Waals surface area contributed by atoms with Crippen molar-refractivity contribution >= 4 is 0 Å². The van der Waals surface area contributed by atoms with E-state index in [1.807, 2.05) is 0 Å². The van der Waals surface area contributed by atoms with Crippen LogP contribution >= 0.6 is 0 Å². The summed E-state index contributed by atoms with van der Waals surface area (Å²) in [5.41, 5.74) is 0. The molecule has 0 spiro atoms. The standard InChI is InChI=1S/C7H10FN/c8-7-3-1-2-6(4-7)5-9/h6-7H,1-4H2/t6-,7+/m0/s1. The van der Waals surface area contributed by atoms with Gasteiger partial charge in [-0.1, -0.05) is 0 Å². The highest BCUT2D eigenvalue weighted by Gasteiger charge is 2.20. The Kier molecular flexibility index (Phi) is 2.05. The molecule has 0 unspecified atom stereocenters. The molecule has 0 aliphatic heterocycles. The molecular formula is C7H10FN. The molecule has 0 N–H and O–H groups in total. The molecule has 1 aliphatic carbocycles. The van der Waals surface area contributed by atoms with Gasteiger partial charge in [-0.2, -0.15) is 5.26 Å². The zero-order valence-electron chi connectivity index (χ0n) is 5.31. The fraction of sp³-hybridized carbons (Fsp3) is 0.857. The molecule has 0 heterocycles. The van der Waals surface area contributed by atoms with Crippen LogP contribution < -0.4 is 0 Å². The Balaban J connectivity index is 2.34. The molecule has 0 bridgehead atoms. The number of nitrogens with zero attached hydrogens (tertiary/aromatic N) is 1. The second-order valence-corrected chi connectivity index (χ2v) is 2.59. The van der Waals surface area contributed by atoms with Crippen LogP contribution in [-0.2, 0) is 0 Å². The monoisotopic (exact) mass is 127 g/mol. The summed E-state index contributed by atoms with van der Waals surface area (Å²) in [6.45, 7) is 0. The number of hydrogen-bond donors (Lipinski definition) is 0. The molecule has 9 heavy (non-hydrogen) atoms. The van der Waals surface area contributed by atoms with Gasteiger partial charge >= 0.3 is 0 Å². The van der Waals surface area contributed by atoms with Gasteiger partial charge in [-0.3, -0.25) is 0 Å². The van der Waals surface area contributed by atoms with Crippen LogP contribution in [0.25, 0.3) is 0 Å². The van der Waals surface area contributed by atoms with Crippen molar-refractivity contribution in [1.82, 2.24) is 0 Å². The van der Waals surface area contributed by atoms with Crippen LogP contribution in [0.3, 0.4) is 0 Å². The quantitative estimate of drug-likeness (QED) is 0.488. The maximum absolute atomic E-state index is 12.5. The lowest BCUT2D eigenvalue weighted by Crippen LogP contribution is -2.14. The number of hydrogen-bond acceptors (Lipinski definition) is 1. The van der Waals surface area contributed by atoms with E-state index in [0.717, 1.165) is 12.8 Å². The van der Waals surface area contributed by atoms with Crippen LogP contribution in [0, 0.1) is 17.2 Å². The van der Waals surface area contributed by atoms with Crippen molar-refractivity contribution in [2.75, 3.05) is 0 Å². The van der Waals surface area contributed by atoms with E-state index >= 15 is 0 Å². The van der Waals surface area contributed by atoms with Crippen molar-refractivity contribution in [2.24, 2.45) is 5.92 Å². The third-order valence-electron chi connectivity index (χ3n) is 1.79. The van der Waals surface area contributed by atoms with Gasteiger partial charge in [0.2, 0.25) is 0 Å². The fourth-order valence-corrected chi connectivity index (χ4v) is 1.25. The van der Waals surface area contributed by atoms with Gasteiger partial charge in [0.15, 0.2) is 0 Å². The number of alkyl halides is 1. The molecule has 1 fully saturated rings. The van der Waals surface area contributed by atoms with Crippen molar-refractivity contribution in [3.05, 3.63) is 0 Å². The lowest BCUT2D eigenvalue weighted by Gasteiger charge is -2.17. The topological polar surface area (TPSA) is 23.8 Å². The molecule has 0 aromatic heterocycles. The highest BCUT2D eigenvalue weighted by atomic mass is 19.1. The summed E-state index contributed by atoms with van der Waals surface area (Å²) in [5.74, 6) is -0.00579. The molecule has 1 aliphatic rings. The zero-order valence-corrected chi connectivity index (χ0v) is 5.31. The van der Waals surface area contributed by atoms with Crippen LogP contribution in [0.5, 0.6) is 0 Å². The van der Waals surface area contributed by atoms with E-state index in [2.05, 4.69) is 6.07 Å². The Hall–Kier alpha value is -0.580. The lowest BCUT2D eigenvalue weighted by molar-refractivity contribution is 0.224. The number of rotatable bonds is 0. The van der Waals surface area contributed by atoms with E-state index in [0.29, 0.717) is 12.8 Å². The molecule has 0 radical (unpaired) electrons. The molecule has 0 aromatic carbocycles. The summed E-state index contributed by atoms with van der Waals surface area (Å²) in [6.07, 6.45) is 2.22. The molecular weight excluding hydrogens is 117 g/mol. The van der Waals surface area contributed by atoms with E-state index in [1.165, 1.54) is 0 Å². The molecule has 0 saturated heterocycles. The maximum atomic E-state index is 12.5. The van der Waals surface area contributed by atoms with E-state index in [4.69, 9.17) is 5.26 Å². The molecule has 1 rings (SSSR count). The first-order chi connectivity index (χ1) is 4.33. The molecule has 0 amide bonds. The summed E-state index contributed by atoms with van der Waals surface area (Å²) in [5, 5.41) is 8.39. The molecule has 1 nitrogen and oxygen atoms in total. The predicted octanol–water partition coefficient (Wildman–Crippen LogP) is 2.04. The van der Waals surface area contributed by atoms with Crippen LogP contribution in [-0.4, -0.2) is 6.17 Å². The van der Waals surface area contributed by atoms with Crippen molar-refractivity contribution in [2.45, 2.75) is 31.9 Å². The van der Waals surface area contributed by atoms with Crippen LogP contribution in [0.2, 0.25) is 0 Å².